The lowest BCUT2D eigenvalue weighted by Gasteiger charge is -2.23. The molecule has 0 saturated carbocycles. The van der Waals surface area contributed by atoms with Crippen molar-refractivity contribution in [2.45, 2.75) is 36.5 Å². The predicted octanol–water partition coefficient (Wildman–Crippen LogP) is 6.42. The van der Waals surface area contributed by atoms with Gasteiger partial charge >= 0.3 is 12.5 Å². The summed E-state index contributed by atoms with van der Waals surface area (Å²) in [5.41, 5.74) is 2.19. The van der Waals surface area contributed by atoms with Crippen molar-refractivity contribution in [3.8, 4) is 16.9 Å². The second-order valence-corrected chi connectivity index (χ2v) is 14.8. The van der Waals surface area contributed by atoms with E-state index in [2.05, 4.69) is 15.0 Å². The van der Waals surface area contributed by atoms with Gasteiger partial charge in [-0.2, -0.15) is 13.2 Å². The summed E-state index contributed by atoms with van der Waals surface area (Å²) in [5, 5.41) is 1.46. The summed E-state index contributed by atoms with van der Waals surface area (Å²) in [4.78, 5) is 3.20. The molecule has 0 aliphatic rings. The van der Waals surface area contributed by atoms with Crippen molar-refractivity contribution in [2.75, 3.05) is 24.4 Å². The Morgan fingerprint density at radius 3 is 2.18 bits per heavy atom. The molecular weight excluding hydrogens is 571 g/mol. The maximum Gasteiger partial charge on any atom is 0.573 e. The third-order valence-electron chi connectivity index (χ3n) is 5.57. The van der Waals surface area contributed by atoms with Crippen LogP contribution >= 0.6 is 7.14 Å². The second kappa shape index (κ2) is 10.4. The first-order valence-electron chi connectivity index (χ1n) is 11.1. The molecule has 0 bridgehead atoms. The van der Waals surface area contributed by atoms with E-state index in [9.17, 15) is 39.3 Å². The molecule has 212 valence electrons. The van der Waals surface area contributed by atoms with E-state index < -0.39 is 68.7 Å². The van der Waals surface area contributed by atoms with E-state index in [1.807, 2.05) is 0 Å². The Balaban J connectivity index is 2.41. The number of hydrogen-bond acceptors (Lipinski definition) is 7. The van der Waals surface area contributed by atoms with Crippen LogP contribution in [0.5, 0.6) is 5.75 Å². The zero-order chi connectivity index (χ0) is 29.6. The van der Waals surface area contributed by atoms with Crippen molar-refractivity contribution in [1.82, 2.24) is 4.98 Å². The molecule has 2 aromatic carbocycles. The van der Waals surface area contributed by atoms with Crippen LogP contribution in [0.1, 0.15) is 19.4 Å². The number of nitrogen functional groups attached to an aromatic ring is 1. The van der Waals surface area contributed by atoms with Crippen LogP contribution in [-0.2, 0) is 20.6 Å². The van der Waals surface area contributed by atoms with E-state index in [1.165, 1.54) is 57.5 Å². The topological polar surface area (TPSA) is 111 Å². The van der Waals surface area contributed by atoms with E-state index in [4.69, 9.17) is 5.73 Å². The fourth-order valence-electron chi connectivity index (χ4n) is 3.61. The smallest absolute Gasteiger partial charge is 0.405 e. The fourth-order valence-corrected chi connectivity index (χ4v) is 5.67. The molecule has 3 N–H and O–H groups in total. The first-order chi connectivity index (χ1) is 17.7. The molecular formula is C24H24F6N3O4PS. The summed E-state index contributed by atoms with van der Waals surface area (Å²) in [6.45, 7) is 5.34. The summed E-state index contributed by atoms with van der Waals surface area (Å²) >= 11 is 0. The Hall–Kier alpha value is -3.25. The van der Waals surface area contributed by atoms with Gasteiger partial charge in [-0.15, -0.1) is 13.2 Å². The van der Waals surface area contributed by atoms with Crippen molar-refractivity contribution in [3.05, 3.63) is 54.2 Å². The molecule has 3 aromatic rings. The number of nitrogens with one attached hydrogen (secondary N) is 1. The molecule has 0 spiro atoms. The molecule has 0 fully saturated rings. The van der Waals surface area contributed by atoms with Gasteiger partial charge in [-0.05, 0) is 51.4 Å². The molecule has 0 amide bonds. The Bertz CT molecular complexity index is 1550. The number of ether oxygens (including phenoxy) is 1. The number of benzene rings is 2. The van der Waals surface area contributed by atoms with E-state index >= 15 is 0 Å². The average Bonchev–Trinajstić information content (AvgIpc) is 2.77. The minimum atomic E-state index is -5.27. The van der Waals surface area contributed by atoms with E-state index in [-0.39, 0.29) is 15.9 Å². The largest absolute Gasteiger partial charge is 0.573 e. The molecule has 3 rings (SSSR count). The van der Waals surface area contributed by atoms with Crippen LogP contribution in [-0.4, -0.2) is 38.3 Å². The number of sulfone groups is 1. The van der Waals surface area contributed by atoms with Crippen molar-refractivity contribution < 1.29 is 44.1 Å². The van der Waals surface area contributed by atoms with Crippen molar-refractivity contribution >= 4 is 39.5 Å². The standard InChI is InChI=1S/C24H24F6N3O4PS/c1-13(2)39(35,36)19-8-6-5-7-17(19)33-21-16(23(25,26)27)12-32-22(31)20(21)15-10-9-14(38(3,4)34)11-18(15)37-24(28,29)30/h5-13H,1-4H3,(H3,31,32,33). The van der Waals surface area contributed by atoms with Crippen molar-refractivity contribution in [2.24, 2.45) is 0 Å². The predicted molar refractivity (Wildman–Crippen MR) is 137 cm³/mol. The van der Waals surface area contributed by atoms with Crippen LogP contribution in [0, 0.1) is 0 Å². The molecule has 1 heterocycles. The monoisotopic (exact) mass is 595 g/mol. The van der Waals surface area contributed by atoms with Crippen LogP contribution in [0.4, 0.5) is 43.5 Å². The summed E-state index contributed by atoms with van der Waals surface area (Å²) in [6.07, 6.45) is -9.98. The number of anilines is 3. The molecule has 0 unspecified atom stereocenters. The highest BCUT2D eigenvalue weighted by Gasteiger charge is 2.38. The van der Waals surface area contributed by atoms with E-state index in [1.54, 1.807) is 0 Å². The van der Waals surface area contributed by atoms with Gasteiger partial charge in [0.05, 0.1) is 32.6 Å². The van der Waals surface area contributed by atoms with E-state index in [0.29, 0.717) is 6.20 Å². The Labute approximate surface area is 220 Å². The van der Waals surface area contributed by atoms with Crippen LogP contribution in [0.25, 0.3) is 11.1 Å². The van der Waals surface area contributed by atoms with Gasteiger partial charge in [-0.3, -0.25) is 0 Å². The highest BCUT2D eigenvalue weighted by molar-refractivity contribution is 7.92. The molecule has 0 atom stereocenters. The van der Waals surface area contributed by atoms with Gasteiger partial charge in [0.2, 0.25) is 0 Å². The van der Waals surface area contributed by atoms with Gasteiger partial charge in [0.25, 0.3) is 0 Å². The zero-order valence-corrected chi connectivity index (χ0v) is 22.7. The number of hydrogen-bond donors (Lipinski definition) is 2. The molecule has 0 aliphatic carbocycles. The number of pyridine rings is 1. The average molecular weight is 596 g/mol. The molecule has 1 aromatic heterocycles. The minimum absolute atomic E-state index is 0.0353. The van der Waals surface area contributed by atoms with Gasteiger partial charge in [0.1, 0.15) is 18.7 Å². The number of nitrogens with two attached hydrogens (primary N) is 1. The fraction of sp³-hybridized carbons (Fsp3) is 0.292. The third-order valence-corrected chi connectivity index (χ3v) is 9.30. The molecule has 7 nitrogen and oxygen atoms in total. The summed E-state index contributed by atoms with van der Waals surface area (Å²) < 4.78 is 125. The summed E-state index contributed by atoms with van der Waals surface area (Å²) in [5.74, 6) is -1.58. The summed E-state index contributed by atoms with van der Waals surface area (Å²) in [7, 11) is -7.14. The van der Waals surface area contributed by atoms with Crippen molar-refractivity contribution in [3.63, 3.8) is 0 Å². The third kappa shape index (κ3) is 6.67. The number of rotatable bonds is 7. The van der Waals surface area contributed by atoms with Crippen LogP contribution in [0.3, 0.4) is 0 Å². The Morgan fingerprint density at radius 1 is 1.03 bits per heavy atom. The lowest BCUT2D eigenvalue weighted by Crippen LogP contribution is -2.20. The molecule has 39 heavy (non-hydrogen) atoms. The zero-order valence-electron chi connectivity index (χ0n) is 21.0. The van der Waals surface area contributed by atoms with Gasteiger partial charge < -0.3 is 20.4 Å². The van der Waals surface area contributed by atoms with Gasteiger partial charge in [-0.1, -0.05) is 18.2 Å². The maximum atomic E-state index is 14.1. The molecule has 0 aliphatic heterocycles. The van der Waals surface area contributed by atoms with Gasteiger partial charge in [0.15, 0.2) is 9.84 Å². The first kappa shape index (κ1) is 30.3. The minimum Gasteiger partial charge on any atom is -0.405 e. The first-order valence-corrected chi connectivity index (χ1v) is 15.3. The molecule has 15 heteroatoms. The number of alkyl halides is 6. The number of para-hydroxylation sites is 1. The lowest BCUT2D eigenvalue weighted by atomic mass is 10.00. The Morgan fingerprint density at radius 2 is 1.64 bits per heavy atom. The highest BCUT2D eigenvalue weighted by atomic mass is 32.2. The normalized spacial score (nSPS) is 13.0. The van der Waals surface area contributed by atoms with Gasteiger partial charge in [-0.25, -0.2) is 13.4 Å². The SMILES string of the molecule is CC(C)S(=O)(=O)c1ccccc1Nc1c(C(F)(F)F)cnc(N)c1-c1ccc(P(C)(C)=O)cc1OC(F)(F)F. The second-order valence-electron chi connectivity index (χ2n) is 9.10. The maximum absolute atomic E-state index is 14.1. The molecule has 0 radical (unpaired) electrons. The number of halogens is 6. The van der Waals surface area contributed by atoms with Crippen LogP contribution < -0.4 is 21.1 Å². The van der Waals surface area contributed by atoms with Crippen molar-refractivity contribution in [1.29, 1.82) is 0 Å². The van der Waals surface area contributed by atoms with E-state index in [0.717, 1.165) is 12.1 Å². The number of aromatic nitrogens is 1. The quantitative estimate of drug-likeness (QED) is 0.240. The highest BCUT2D eigenvalue weighted by Crippen LogP contribution is 2.48. The lowest BCUT2D eigenvalue weighted by molar-refractivity contribution is -0.274. The number of nitrogens with zero attached hydrogens (tertiary/aromatic N) is 1. The summed E-state index contributed by atoms with van der Waals surface area (Å²) in [6, 6.07) is 8.11. The van der Waals surface area contributed by atoms with Gasteiger partial charge in [0, 0.05) is 17.1 Å². The molecule has 0 saturated heterocycles. The Kier molecular flexibility index (Phi) is 8.06. The van der Waals surface area contributed by atoms with Crippen LogP contribution in [0.2, 0.25) is 0 Å². The van der Waals surface area contributed by atoms with Crippen LogP contribution in [0.15, 0.2) is 53.6 Å².